The summed E-state index contributed by atoms with van der Waals surface area (Å²) in [6, 6.07) is 9.70. The Hall–Kier alpha value is -2.10. The molecule has 1 aromatic rings. The Morgan fingerprint density at radius 1 is 1.47 bits per heavy atom. The first-order chi connectivity index (χ1) is 8.22. The number of carbonyl (C=O) groups is 1. The fourth-order valence-electron chi connectivity index (χ4n) is 1.63. The lowest BCUT2D eigenvalue weighted by Crippen LogP contribution is -2.18. The largest absolute Gasteiger partial charge is 0.466 e. The maximum absolute atomic E-state index is 11.3. The Bertz CT molecular complexity index is 465. The lowest BCUT2D eigenvalue weighted by molar-refractivity contribution is -0.137. The van der Waals surface area contributed by atoms with Crippen LogP contribution in [0.4, 0.5) is 0 Å². The molecule has 17 heavy (non-hydrogen) atoms. The Morgan fingerprint density at radius 3 is 2.82 bits per heavy atom. The summed E-state index contributed by atoms with van der Waals surface area (Å²) in [6.45, 7) is 3.66. The first kappa shape index (κ1) is 11.4. The molecule has 0 bridgehead atoms. The van der Waals surface area contributed by atoms with E-state index in [1.165, 1.54) is 7.11 Å². The summed E-state index contributed by atoms with van der Waals surface area (Å²) < 4.78 is 4.60. The molecule has 1 aliphatic heterocycles. The highest BCUT2D eigenvalue weighted by molar-refractivity contribution is 6.02. The Labute approximate surface area is 99.5 Å². The predicted octanol–water partition coefficient (Wildman–Crippen LogP) is 1.91. The number of ether oxygens (including phenoxy) is 1. The minimum absolute atomic E-state index is 0.294. The molecule has 0 aliphatic carbocycles. The molecule has 4 heteroatoms. The molecule has 4 nitrogen and oxygen atoms in total. The number of oxime groups is 1. The van der Waals surface area contributed by atoms with Gasteiger partial charge in [0.15, 0.2) is 6.10 Å². The van der Waals surface area contributed by atoms with E-state index in [2.05, 4.69) is 16.5 Å². The van der Waals surface area contributed by atoms with Crippen molar-refractivity contribution in [1.29, 1.82) is 0 Å². The Morgan fingerprint density at radius 2 is 2.18 bits per heavy atom. The van der Waals surface area contributed by atoms with Crippen molar-refractivity contribution in [3.8, 4) is 0 Å². The SMILES string of the molecule is C=C(C(=O)OC)C1CC(c2ccccc2)=NO1. The third-order valence-electron chi connectivity index (χ3n) is 2.61. The van der Waals surface area contributed by atoms with E-state index in [1.54, 1.807) is 0 Å². The highest BCUT2D eigenvalue weighted by Gasteiger charge is 2.28. The summed E-state index contributed by atoms with van der Waals surface area (Å²) in [5, 5.41) is 3.97. The second kappa shape index (κ2) is 4.82. The molecule has 0 fully saturated rings. The van der Waals surface area contributed by atoms with Crippen molar-refractivity contribution in [1.82, 2.24) is 0 Å². The van der Waals surface area contributed by atoms with Gasteiger partial charge in [0.05, 0.1) is 18.4 Å². The van der Waals surface area contributed by atoms with Gasteiger partial charge in [0, 0.05) is 6.42 Å². The number of benzene rings is 1. The topological polar surface area (TPSA) is 47.9 Å². The molecule has 2 rings (SSSR count). The highest BCUT2D eigenvalue weighted by Crippen LogP contribution is 2.21. The summed E-state index contributed by atoms with van der Waals surface area (Å²) in [7, 11) is 1.32. The van der Waals surface area contributed by atoms with Gasteiger partial charge in [-0.05, 0) is 5.56 Å². The molecule has 0 saturated carbocycles. The molecule has 0 spiro atoms. The zero-order valence-corrected chi connectivity index (χ0v) is 9.55. The van der Waals surface area contributed by atoms with Gasteiger partial charge in [0.1, 0.15) is 0 Å². The molecule has 0 N–H and O–H groups in total. The van der Waals surface area contributed by atoms with Crippen LogP contribution >= 0.6 is 0 Å². The van der Waals surface area contributed by atoms with E-state index in [-0.39, 0.29) is 0 Å². The predicted molar refractivity (Wildman–Crippen MR) is 63.6 cm³/mol. The third kappa shape index (κ3) is 2.36. The fraction of sp³-hybridized carbons (Fsp3) is 0.231. The second-order valence-corrected chi connectivity index (χ2v) is 3.72. The van der Waals surface area contributed by atoms with Gasteiger partial charge in [-0.1, -0.05) is 42.1 Å². The molecule has 1 atom stereocenters. The molecule has 0 amide bonds. The van der Waals surface area contributed by atoms with Crippen LogP contribution in [0.25, 0.3) is 0 Å². The molecular formula is C13H13NO3. The maximum Gasteiger partial charge on any atom is 0.337 e. The van der Waals surface area contributed by atoms with E-state index >= 15 is 0 Å². The van der Waals surface area contributed by atoms with Crippen molar-refractivity contribution in [3.63, 3.8) is 0 Å². The number of nitrogens with zero attached hydrogens (tertiary/aromatic N) is 1. The van der Waals surface area contributed by atoms with Crippen molar-refractivity contribution < 1.29 is 14.4 Å². The minimum Gasteiger partial charge on any atom is -0.466 e. The highest BCUT2D eigenvalue weighted by atomic mass is 16.6. The molecule has 88 valence electrons. The van der Waals surface area contributed by atoms with Gasteiger partial charge in [0.2, 0.25) is 0 Å². The summed E-state index contributed by atoms with van der Waals surface area (Å²) in [4.78, 5) is 16.5. The van der Waals surface area contributed by atoms with Gasteiger partial charge in [-0.15, -0.1) is 0 Å². The van der Waals surface area contributed by atoms with Crippen LogP contribution in [0.15, 0.2) is 47.6 Å². The summed E-state index contributed by atoms with van der Waals surface area (Å²) in [5.41, 5.74) is 2.11. The third-order valence-corrected chi connectivity index (χ3v) is 2.61. The van der Waals surface area contributed by atoms with E-state index in [4.69, 9.17) is 4.84 Å². The first-order valence-corrected chi connectivity index (χ1v) is 5.27. The van der Waals surface area contributed by atoms with Gasteiger partial charge in [-0.3, -0.25) is 0 Å². The molecule has 1 aliphatic rings. The van der Waals surface area contributed by atoms with Crippen LogP contribution in [0, 0.1) is 0 Å². The monoisotopic (exact) mass is 231 g/mol. The molecule has 1 aromatic carbocycles. The summed E-state index contributed by atoms with van der Waals surface area (Å²) >= 11 is 0. The molecule has 0 aromatic heterocycles. The Balaban J connectivity index is 2.05. The normalized spacial score (nSPS) is 18.2. The van der Waals surface area contributed by atoms with Crippen LogP contribution in [-0.4, -0.2) is 24.9 Å². The number of rotatable bonds is 3. The van der Waals surface area contributed by atoms with Gasteiger partial charge in [0.25, 0.3) is 0 Å². The molecule has 0 radical (unpaired) electrons. The number of esters is 1. The number of hydrogen-bond acceptors (Lipinski definition) is 4. The Kier molecular flexibility index (Phi) is 3.23. The number of methoxy groups -OCH3 is 1. The van der Waals surface area contributed by atoms with E-state index < -0.39 is 12.1 Å². The van der Waals surface area contributed by atoms with Crippen LogP contribution < -0.4 is 0 Å². The summed E-state index contributed by atoms with van der Waals surface area (Å²) in [5.74, 6) is -0.459. The molecule has 0 saturated heterocycles. The fourth-order valence-corrected chi connectivity index (χ4v) is 1.63. The average Bonchev–Trinajstić information content (AvgIpc) is 2.87. The molecular weight excluding hydrogens is 218 g/mol. The van der Waals surface area contributed by atoms with Gasteiger partial charge >= 0.3 is 5.97 Å². The minimum atomic E-state index is -0.459. The van der Waals surface area contributed by atoms with Crippen molar-refractivity contribution in [2.75, 3.05) is 7.11 Å². The van der Waals surface area contributed by atoms with E-state index in [9.17, 15) is 4.79 Å². The van der Waals surface area contributed by atoms with Crippen LogP contribution in [0.2, 0.25) is 0 Å². The lowest BCUT2D eigenvalue weighted by atomic mass is 10.0. The van der Waals surface area contributed by atoms with Crippen LogP contribution in [0.3, 0.4) is 0 Å². The molecule has 1 unspecified atom stereocenters. The standard InChI is InChI=1S/C13H13NO3/c1-9(13(15)16-2)12-8-11(14-17-12)10-6-4-3-5-7-10/h3-7,12H,1,8H2,2H3. The van der Waals surface area contributed by atoms with Gasteiger partial charge < -0.3 is 9.57 Å². The smallest absolute Gasteiger partial charge is 0.337 e. The van der Waals surface area contributed by atoms with Crippen molar-refractivity contribution in [2.24, 2.45) is 5.16 Å². The van der Waals surface area contributed by atoms with Crippen molar-refractivity contribution in [3.05, 3.63) is 48.0 Å². The number of hydrogen-bond donors (Lipinski definition) is 0. The second-order valence-electron chi connectivity index (χ2n) is 3.72. The van der Waals surface area contributed by atoms with E-state index in [0.717, 1.165) is 11.3 Å². The summed E-state index contributed by atoms with van der Waals surface area (Å²) in [6.07, 6.45) is 0.121. The van der Waals surface area contributed by atoms with Crippen LogP contribution in [0.1, 0.15) is 12.0 Å². The lowest BCUT2D eigenvalue weighted by Gasteiger charge is -2.08. The first-order valence-electron chi connectivity index (χ1n) is 5.27. The maximum atomic E-state index is 11.3. The molecule has 1 heterocycles. The average molecular weight is 231 g/mol. The zero-order valence-electron chi connectivity index (χ0n) is 9.55. The van der Waals surface area contributed by atoms with Gasteiger partial charge in [-0.2, -0.15) is 0 Å². The van der Waals surface area contributed by atoms with Gasteiger partial charge in [-0.25, -0.2) is 4.79 Å². The van der Waals surface area contributed by atoms with Crippen LogP contribution in [0.5, 0.6) is 0 Å². The van der Waals surface area contributed by atoms with E-state index in [1.807, 2.05) is 30.3 Å². The quantitative estimate of drug-likeness (QED) is 0.589. The van der Waals surface area contributed by atoms with E-state index in [0.29, 0.717) is 12.0 Å². The zero-order chi connectivity index (χ0) is 12.3. The van der Waals surface area contributed by atoms with Crippen LogP contribution in [-0.2, 0) is 14.4 Å². The van der Waals surface area contributed by atoms with Crippen molar-refractivity contribution >= 4 is 11.7 Å². The van der Waals surface area contributed by atoms with Crippen molar-refractivity contribution in [2.45, 2.75) is 12.5 Å². The number of carbonyl (C=O) groups excluding carboxylic acids is 1.